The lowest BCUT2D eigenvalue weighted by Gasteiger charge is -2.36. The maximum Gasteiger partial charge on any atom is 0.410 e. The van der Waals surface area contributed by atoms with Gasteiger partial charge < -0.3 is 10.1 Å². The van der Waals surface area contributed by atoms with E-state index in [0.29, 0.717) is 24.8 Å². The number of carbonyl (C=O) groups excluding carboxylic acids is 2. The lowest BCUT2D eigenvalue weighted by Crippen LogP contribution is -2.51. The van der Waals surface area contributed by atoms with E-state index >= 15 is 0 Å². The highest BCUT2D eigenvalue weighted by atomic mass is 16.6. The third-order valence-electron chi connectivity index (χ3n) is 5.81. The van der Waals surface area contributed by atoms with Gasteiger partial charge >= 0.3 is 6.09 Å². The third-order valence-corrected chi connectivity index (χ3v) is 5.81. The summed E-state index contributed by atoms with van der Waals surface area (Å²) >= 11 is 0. The largest absolute Gasteiger partial charge is 0.444 e. The number of nitrogens with one attached hydrogen (secondary N) is 1. The molecule has 0 spiro atoms. The summed E-state index contributed by atoms with van der Waals surface area (Å²) in [6.07, 6.45) is 4.64. The van der Waals surface area contributed by atoms with Gasteiger partial charge in [0.25, 0.3) is 0 Å². The quantitative estimate of drug-likeness (QED) is 0.770. The summed E-state index contributed by atoms with van der Waals surface area (Å²) < 4.78 is 5.54. The minimum atomic E-state index is -0.571. The maximum absolute atomic E-state index is 13.2. The van der Waals surface area contributed by atoms with Crippen molar-refractivity contribution in [2.24, 2.45) is 5.92 Å². The van der Waals surface area contributed by atoms with Crippen LogP contribution < -0.4 is 5.32 Å². The Hall–Kier alpha value is -2.04. The molecular weight excluding hydrogens is 352 g/mol. The number of para-hydroxylation sites is 1. The Morgan fingerprint density at radius 1 is 1.18 bits per heavy atom. The molecule has 3 rings (SSSR count). The first kappa shape index (κ1) is 20.7. The van der Waals surface area contributed by atoms with Crippen LogP contribution in [0.25, 0.3) is 0 Å². The average Bonchev–Trinajstić information content (AvgIpc) is 3.46. The number of hydrogen-bond donors (Lipinski definition) is 1. The van der Waals surface area contributed by atoms with Crippen LogP contribution in [-0.2, 0) is 9.53 Å². The molecule has 1 aromatic rings. The number of rotatable bonds is 4. The molecule has 2 fully saturated rings. The Kier molecular flexibility index (Phi) is 6.01. The summed E-state index contributed by atoms with van der Waals surface area (Å²) in [5.41, 5.74) is 2.62. The second kappa shape index (κ2) is 8.14. The van der Waals surface area contributed by atoms with Gasteiger partial charge in [0.05, 0.1) is 0 Å². The third kappa shape index (κ3) is 4.86. The number of piperidine rings is 1. The molecular formula is C23H34N2O3. The van der Waals surface area contributed by atoms with Crippen molar-refractivity contribution in [2.75, 3.05) is 11.9 Å². The molecule has 0 bridgehead atoms. The van der Waals surface area contributed by atoms with Crippen LogP contribution in [0.2, 0.25) is 0 Å². The van der Waals surface area contributed by atoms with Gasteiger partial charge in [-0.25, -0.2) is 4.79 Å². The van der Waals surface area contributed by atoms with Crippen LogP contribution in [0.5, 0.6) is 0 Å². The van der Waals surface area contributed by atoms with Crippen LogP contribution in [0, 0.1) is 12.8 Å². The van der Waals surface area contributed by atoms with Crippen LogP contribution in [0.15, 0.2) is 18.2 Å². The van der Waals surface area contributed by atoms with Gasteiger partial charge in [0.1, 0.15) is 11.6 Å². The van der Waals surface area contributed by atoms with Gasteiger partial charge in [-0.1, -0.05) is 25.1 Å². The van der Waals surface area contributed by atoms with E-state index in [1.54, 1.807) is 4.90 Å². The second-order valence-corrected chi connectivity index (χ2v) is 9.34. The fraction of sp³-hybridized carbons (Fsp3) is 0.652. The SMILES string of the molecule is Cc1cccc(C(C)C2CC2)c1NC(=O)[C@@H]1CCCCN1C(=O)OC(C)(C)C. The molecule has 0 radical (unpaired) electrons. The van der Waals surface area contributed by atoms with E-state index in [-0.39, 0.29) is 5.91 Å². The van der Waals surface area contributed by atoms with Crippen molar-refractivity contribution in [3.05, 3.63) is 29.3 Å². The molecule has 1 saturated heterocycles. The number of amides is 2. The van der Waals surface area contributed by atoms with Crippen LogP contribution in [0.3, 0.4) is 0 Å². The predicted octanol–water partition coefficient (Wildman–Crippen LogP) is 5.24. The van der Waals surface area contributed by atoms with Gasteiger partial charge in [0, 0.05) is 12.2 Å². The summed E-state index contributed by atoms with van der Waals surface area (Å²) in [5, 5.41) is 3.17. The minimum Gasteiger partial charge on any atom is -0.444 e. The Morgan fingerprint density at radius 2 is 1.89 bits per heavy atom. The van der Waals surface area contributed by atoms with E-state index in [1.807, 2.05) is 33.8 Å². The molecule has 1 N–H and O–H groups in total. The number of anilines is 1. The normalized spacial score (nSPS) is 21.2. The van der Waals surface area contributed by atoms with Crippen molar-refractivity contribution in [3.8, 4) is 0 Å². The molecule has 1 aliphatic heterocycles. The lowest BCUT2D eigenvalue weighted by atomic mass is 9.92. The van der Waals surface area contributed by atoms with Gasteiger partial charge in [-0.2, -0.15) is 0 Å². The highest BCUT2D eigenvalue weighted by molar-refractivity contribution is 5.98. The standard InChI is InChI=1S/C23H34N2O3/c1-15-9-8-10-18(16(2)17-12-13-17)20(15)24-21(26)19-11-6-7-14-25(19)22(27)28-23(3,4)5/h8-10,16-17,19H,6-7,11-14H2,1-5H3,(H,24,26)/t16?,19-/m0/s1. The minimum absolute atomic E-state index is 0.107. The molecule has 1 unspecified atom stereocenters. The fourth-order valence-electron chi connectivity index (χ4n) is 4.04. The number of benzene rings is 1. The van der Waals surface area contributed by atoms with Crippen LogP contribution in [0.4, 0.5) is 10.5 Å². The van der Waals surface area contributed by atoms with E-state index < -0.39 is 17.7 Å². The molecule has 2 amide bonds. The molecule has 1 aliphatic carbocycles. The Labute approximate surface area is 168 Å². The van der Waals surface area contributed by atoms with E-state index in [2.05, 4.69) is 24.4 Å². The van der Waals surface area contributed by atoms with E-state index in [9.17, 15) is 9.59 Å². The molecule has 5 heteroatoms. The van der Waals surface area contributed by atoms with E-state index in [0.717, 1.165) is 24.1 Å². The molecule has 1 saturated carbocycles. The Bertz CT molecular complexity index is 734. The van der Waals surface area contributed by atoms with Gasteiger partial charge in [-0.15, -0.1) is 0 Å². The Morgan fingerprint density at radius 3 is 2.54 bits per heavy atom. The van der Waals surface area contributed by atoms with Crippen LogP contribution >= 0.6 is 0 Å². The first-order valence-corrected chi connectivity index (χ1v) is 10.6. The number of nitrogens with zero attached hydrogens (tertiary/aromatic N) is 1. The maximum atomic E-state index is 13.2. The number of carbonyl (C=O) groups is 2. The molecule has 5 nitrogen and oxygen atoms in total. The molecule has 154 valence electrons. The first-order chi connectivity index (χ1) is 13.2. The number of aryl methyl sites for hydroxylation is 1. The topological polar surface area (TPSA) is 58.6 Å². The molecule has 2 atom stereocenters. The number of likely N-dealkylation sites (tertiary alicyclic amines) is 1. The molecule has 2 aliphatic rings. The van der Waals surface area contributed by atoms with Gasteiger partial charge in [-0.05, 0) is 82.8 Å². The van der Waals surface area contributed by atoms with Gasteiger partial charge in [0.2, 0.25) is 5.91 Å². The van der Waals surface area contributed by atoms with Crippen molar-refractivity contribution in [2.45, 2.75) is 84.3 Å². The van der Waals surface area contributed by atoms with E-state index in [1.165, 1.54) is 18.4 Å². The Balaban J connectivity index is 1.78. The van der Waals surface area contributed by atoms with Crippen molar-refractivity contribution < 1.29 is 14.3 Å². The first-order valence-electron chi connectivity index (χ1n) is 10.6. The second-order valence-electron chi connectivity index (χ2n) is 9.34. The summed E-state index contributed by atoms with van der Waals surface area (Å²) in [6, 6.07) is 5.74. The van der Waals surface area contributed by atoms with Crippen molar-refractivity contribution in [3.63, 3.8) is 0 Å². The van der Waals surface area contributed by atoms with Crippen LogP contribution in [-0.4, -0.2) is 35.1 Å². The molecule has 0 aromatic heterocycles. The molecule has 28 heavy (non-hydrogen) atoms. The number of hydrogen-bond acceptors (Lipinski definition) is 3. The fourth-order valence-corrected chi connectivity index (χ4v) is 4.04. The zero-order valence-electron chi connectivity index (χ0n) is 17.9. The van der Waals surface area contributed by atoms with Crippen molar-refractivity contribution in [1.82, 2.24) is 4.90 Å². The summed E-state index contributed by atoms with van der Waals surface area (Å²) in [4.78, 5) is 27.4. The predicted molar refractivity (Wildman–Crippen MR) is 112 cm³/mol. The number of ether oxygens (including phenoxy) is 1. The van der Waals surface area contributed by atoms with E-state index in [4.69, 9.17) is 4.74 Å². The van der Waals surface area contributed by atoms with Crippen molar-refractivity contribution in [1.29, 1.82) is 0 Å². The monoisotopic (exact) mass is 386 g/mol. The van der Waals surface area contributed by atoms with Crippen molar-refractivity contribution >= 4 is 17.7 Å². The van der Waals surface area contributed by atoms with Gasteiger partial charge in [0.15, 0.2) is 0 Å². The summed E-state index contributed by atoms with van der Waals surface area (Å²) in [7, 11) is 0. The highest BCUT2D eigenvalue weighted by Gasteiger charge is 2.36. The molecule has 1 aromatic carbocycles. The molecule has 1 heterocycles. The highest BCUT2D eigenvalue weighted by Crippen LogP contribution is 2.44. The zero-order valence-corrected chi connectivity index (χ0v) is 17.9. The lowest BCUT2D eigenvalue weighted by molar-refractivity contribution is -0.122. The average molecular weight is 387 g/mol. The summed E-state index contributed by atoms with van der Waals surface area (Å²) in [6.45, 7) is 10.4. The zero-order chi connectivity index (χ0) is 20.5. The van der Waals surface area contributed by atoms with Crippen LogP contribution in [0.1, 0.15) is 76.8 Å². The smallest absolute Gasteiger partial charge is 0.410 e. The summed E-state index contributed by atoms with van der Waals surface area (Å²) in [5.74, 6) is 1.04. The van der Waals surface area contributed by atoms with Gasteiger partial charge in [-0.3, -0.25) is 9.69 Å².